The second-order valence-corrected chi connectivity index (χ2v) is 5.08. The third-order valence-electron chi connectivity index (χ3n) is 3.18. The number of benzene rings is 1. The molecular weight excluding hydrogens is 236 g/mol. The van der Waals surface area contributed by atoms with E-state index in [-0.39, 0.29) is 5.78 Å². The van der Waals surface area contributed by atoms with Crippen molar-refractivity contribution >= 4 is 11.5 Å². The van der Waals surface area contributed by atoms with Crippen LogP contribution in [0, 0.1) is 0 Å². The maximum atomic E-state index is 12.0. The lowest BCUT2D eigenvalue weighted by Crippen LogP contribution is -2.33. The number of nitrogens with zero attached hydrogens (tertiary/aromatic N) is 2. The van der Waals surface area contributed by atoms with Gasteiger partial charge < -0.3 is 9.80 Å². The van der Waals surface area contributed by atoms with Gasteiger partial charge in [-0.2, -0.15) is 0 Å². The highest BCUT2D eigenvalue weighted by Crippen LogP contribution is 2.22. The van der Waals surface area contributed by atoms with E-state index in [9.17, 15) is 4.79 Å². The first-order chi connectivity index (χ1) is 9.10. The average molecular weight is 262 g/mol. The lowest BCUT2D eigenvalue weighted by molar-refractivity contribution is 0.0988. The fourth-order valence-electron chi connectivity index (χ4n) is 2.12. The topological polar surface area (TPSA) is 23.6 Å². The van der Waals surface area contributed by atoms with Gasteiger partial charge in [-0.1, -0.05) is 26.0 Å². The molecule has 0 saturated heterocycles. The monoisotopic (exact) mass is 262 g/mol. The van der Waals surface area contributed by atoms with E-state index in [0.717, 1.165) is 37.3 Å². The first-order valence-corrected chi connectivity index (χ1v) is 7.12. The van der Waals surface area contributed by atoms with Crippen LogP contribution in [0.1, 0.15) is 37.0 Å². The minimum absolute atomic E-state index is 0.224. The number of carbonyl (C=O) groups excluding carboxylic acids is 1. The molecule has 1 rings (SSSR count). The molecule has 106 valence electrons. The zero-order valence-electron chi connectivity index (χ0n) is 12.6. The van der Waals surface area contributed by atoms with E-state index in [1.54, 1.807) is 0 Å². The summed E-state index contributed by atoms with van der Waals surface area (Å²) in [5.41, 5.74) is 1.94. The van der Waals surface area contributed by atoms with Gasteiger partial charge in [-0.3, -0.25) is 4.79 Å². The molecule has 0 bridgehead atoms. The highest BCUT2D eigenvalue weighted by Gasteiger charge is 2.14. The van der Waals surface area contributed by atoms with Crippen LogP contribution in [-0.2, 0) is 0 Å². The van der Waals surface area contributed by atoms with Crippen molar-refractivity contribution in [3.05, 3.63) is 29.8 Å². The molecule has 1 aromatic rings. The standard InChI is InChI=1S/C16H26N2O/c1-5-11-18(13-12-17(3)4)15-10-8-7-9-14(15)16(19)6-2/h7-10H,5-6,11-13H2,1-4H3. The molecular formula is C16H26N2O. The molecule has 3 heteroatoms. The normalized spacial score (nSPS) is 10.8. The molecule has 0 N–H and O–H groups in total. The molecule has 0 aliphatic carbocycles. The van der Waals surface area contributed by atoms with Crippen LogP contribution in [0.5, 0.6) is 0 Å². The molecule has 0 spiro atoms. The van der Waals surface area contributed by atoms with Crippen molar-refractivity contribution < 1.29 is 4.79 Å². The molecule has 0 saturated carbocycles. The number of likely N-dealkylation sites (N-methyl/N-ethyl adjacent to an activating group) is 1. The number of Topliss-reactive ketones (excluding diaryl/α,β-unsaturated/α-hetero) is 1. The van der Waals surface area contributed by atoms with Gasteiger partial charge in [-0.25, -0.2) is 0 Å². The minimum atomic E-state index is 0.224. The molecule has 0 heterocycles. The van der Waals surface area contributed by atoms with Gasteiger partial charge in [0.2, 0.25) is 0 Å². The average Bonchev–Trinajstić information content (AvgIpc) is 2.42. The van der Waals surface area contributed by atoms with E-state index in [1.165, 1.54) is 0 Å². The number of anilines is 1. The van der Waals surface area contributed by atoms with Gasteiger partial charge in [0.1, 0.15) is 0 Å². The Morgan fingerprint density at radius 2 is 1.74 bits per heavy atom. The second-order valence-electron chi connectivity index (χ2n) is 5.08. The number of para-hydroxylation sites is 1. The van der Waals surface area contributed by atoms with Crippen molar-refractivity contribution in [2.24, 2.45) is 0 Å². The van der Waals surface area contributed by atoms with Gasteiger partial charge in [0.05, 0.1) is 0 Å². The minimum Gasteiger partial charge on any atom is -0.370 e. The molecule has 0 amide bonds. The van der Waals surface area contributed by atoms with Crippen molar-refractivity contribution in [1.82, 2.24) is 4.90 Å². The van der Waals surface area contributed by atoms with Crippen molar-refractivity contribution in [3.63, 3.8) is 0 Å². The summed E-state index contributed by atoms with van der Waals surface area (Å²) in [7, 11) is 4.15. The molecule has 3 nitrogen and oxygen atoms in total. The number of carbonyl (C=O) groups is 1. The number of hydrogen-bond acceptors (Lipinski definition) is 3. The molecule has 0 radical (unpaired) electrons. The summed E-state index contributed by atoms with van der Waals surface area (Å²) in [4.78, 5) is 16.5. The van der Waals surface area contributed by atoms with Gasteiger partial charge in [0.15, 0.2) is 5.78 Å². The van der Waals surface area contributed by atoms with Crippen LogP contribution >= 0.6 is 0 Å². The number of rotatable bonds is 8. The molecule has 0 unspecified atom stereocenters. The lowest BCUT2D eigenvalue weighted by atomic mass is 10.1. The maximum absolute atomic E-state index is 12.0. The predicted octanol–water partition coefficient (Wildman–Crippen LogP) is 3.06. The zero-order chi connectivity index (χ0) is 14.3. The van der Waals surface area contributed by atoms with Crippen molar-refractivity contribution in [1.29, 1.82) is 0 Å². The first-order valence-electron chi connectivity index (χ1n) is 7.12. The summed E-state index contributed by atoms with van der Waals surface area (Å²) in [5.74, 6) is 0.224. The molecule has 1 aromatic carbocycles. The third-order valence-corrected chi connectivity index (χ3v) is 3.18. The van der Waals surface area contributed by atoms with Crippen LogP contribution in [0.2, 0.25) is 0 Å². The summed E-state index contributed by atoms with van der Waals surface area (Å²) in [5, 5.41) is 0. The second kappa shape index (κ2) is 7.95. The molecule has 0 atom stereocenters. The van der Waals surface area contributed by atoms with E-state index in [2.05, 4.69) is 36.9 Å². The number of ketones is 1. The Morgan fingerprint density at radius 1 is 1.05 bits per heavy atom. The summed E-state index contributed by atoms with van der Waals surface area (Å²) >= 11 is 0. The lowest BCUT2D eigenvalue weighted by Gasteiger charge is -2.27. The zero-order valence-corrected chi connectivity index (χ0v) is 12.6. The SMILES string of the molecule is CCCN(CCN(C)C)c1ccccc1C(=O)CC. The Hall–Kier alpha value is -1.35. The van der Waals surface area contributed by atoms with Crippen LogP contribution in [-0.4, -0.2) is 44.4 Å². The van der Waals surface area contributed by atoms with E-state index < -0.39 is 0 Å². The van der Waals surface area contributed by atoms with Crippen LogP contribution < -0.4 is 4.90 Å². The summed E-state index contributed by atoms with van der Waals surface area (Å²) < 4.78 is 0. The largest absolute Gasteiger partial charge is 0.370 e. The molecule has 19 heavy (non-hydrogen) atoms. The fraction of sp³-hybridized carbons (Fsp3) is 0.562. The number of hydrogen-bond donors (Lipinski definition) is 0. The Morgan fingerprint density at radius 3 is 2.32 bits per heavy atom. The van der Waals surface area contributed by atoms with Crippen LogP contribution in [0.15, 0.2) is 24.3 Å². The highest BCUT2D eigenvalue weighted by atomic mass is 16.1. The van der Waals surface area contributed by atoms with Crippen LogP contribution in [0.3, 0.4) is 0 Å². The van der Waals surface area contributed by atoms with Gasteiger partial charge in [-0.05, 0) is 32.6 Å². The van der Waals surface area contributed by atoms with Gasteiger partial charge in [0, 0.05) is 37.3 Å². The van der Waals surface area contributed by atoms with Gasteiger partial charge in [-0.15, -0.1) is 0 Å². The van der Waals surface area contributed by atoms with Gasteiger partial charge >= 0.3 is 0 Å². The third kappa shape index (κ3) is 4.67. The summed E-state index contributed by atoms with van der Waals surface area (Å²) in [6.45, 7) is 7.03. The molecule has 0 aromatic heterocycles. The Bertz CT molecular complexity index is 401. The van der Waals surface area contributed by atoms with Crippen LogP contribution in [0.4, 0.5) is 5.69 Å². The smallest absolute Gasteiger partial charge is 0.164 e. The summed E-state index contributed by atoms with van der Waals surface area (Å²) in [6, 6.07) is 7.97. The van der Waals surface area contributed by atoms with E-state index in [0.29, 0.717) is 6.42 Å². The van der Waals surface area contributed by atoms with Crippen LogP contribution in [0.25, 0.3) is 0 Å². The maximum Gasteiger partial charge on any atom is 0.164 e. The van der Waals surface area contributed by atoms with Crippen molar-refractivity contribution in [2.75, 3.05) is 38.6 Å². The quantitative estimate of drug-likeness (QED) is 0.673. The van der Waals surface area contributed by atoms with Gasteiger partial charge in [0.25, 0.3) is 0 Å². The molecule has 0 aliphatic heterocycles. The Balaban J connectivity index is 2.97. The Kier molecular flexibility index (Phi) is 6.57. The molecule has 0 fully saturated rings. The Labute approximate surface area is 117 Å². The van der Waals surface area contributed by atoms with E-state index in [4.69, 9.17) is 0 Å². The predicted molar refractivity (Wildman–Crippen MR) is 82.1 cm³/mol. The summed E-state index contributed by atoms with van der Waals surface area (Å²) in [6.07, 6.45) is 1.65. The van der Waals surface area contributed by atoms with Crippen molar-refractivity contribution in [3.8, 4) is 0 Å². The first kappa shape index (κ1) is 15.7. The fourth-order valence-corrected chi connectivity index (χ4v) is 2.12. The highest BCUT2D eigenvalue weighted by molar-refractivity contribution is 6.01. The van der Waals surface area contributed by atoms with Crippen molar-refractivity contribution in [2.45, 2.75) is 26.7 Å². The molecule has 0 aliphatic rings. The van der Waals surface area contributed by atoms with E-state index in [1.807, 2.05) is 25.1 Å². The van der Waals surface area contributed by atoms with E-state index >= 15 is 0 Å².